The molecule has 0 nitrogen and oxygen atoms in total. The first kappa shape index (κ1) is 19.0. The van der Waals surface area contributed by atoms with Gasteiger partial charge in [0.25, 0.3) is 0 Å². The smallest absolute Gasteiger partial charge is 0.123 e. The lowest BCUT2D eigenvalue weighted by molar-refractivity contribution is 0.627. The molecule has 128 valence electrons. The Balaban J connectivity index is 2.11. The fourth-order valence-electron chi connectivity index (χ4n) is 3.05. The average molecular weight is 404 g/mol. The van der Waals surface area contributed by atoms with Crippen LogP contribution in [-0.4, -0.2) is 5.29 Å². The van der Waals surface area contributed by atoms with Gasteiger partial charge >= 0.3 is 0 Å². The molecule has 0 radical (unpaired) electrons. The highest BCUT2D eigenvalue weighted by Crippen LogP contribution is 2.48. The molecule has 0 spiro atoms. The van der Waals surface area contributed by atoms with Crippen molar-refractivity contribution in [1.82, 2.24) is 0 Å². The fourth-order valence-corrected chi connectivity index (χ4v) is 8.68. The molecule has 25 heavy (non-hydrogen) atoms. The van der Waals surface area contributed by atoms with Crippen LogP contribution in [0.5, 0.6) is 0 Å². The number of hydrogen-bond donors (Lipinski definition) is 0. The van der Waals surface area contributed by atoms with Crippen molar-refractivity contribution in [3.63, 3.8) is 0 Å². The van der Waals surface area contributed by atoms with Crippen molar-refractivity contribution in [2.45, 2.75) is 26.9 Å². The van der Waals surface area contributed by atoms with Crippen LogP contribution in [0.25, 0.3) is 15.8 Å². The van der Waals surface area contributed by atoms with E-state index in [0.29, 0.717) is 0 Å². The van der Waals surface area contributed by atoms with Crippen molar-refractivity contribution in [1.29, 1.82) is 0 Å². The van der Waals surface area contributed by atoms with E-state index in [1.165, 1.54) is 51.0 Å². The standard InChI is InChI=1S/C20H21FP4/c1-12(2)19(13(3)22)18-10-17(23)16-8-9-25(20(16)24-18)11-14-4-6-15(21)7-5-14/h4-10,22H,11,23H2,1-3H3. The van der Waals surface area contributed by atoms with E-state index in [4.69, 9.17) is 0 Å². The lowest BCUT2D eigenvalue weighted by atomic mass is 10.1. The molecular formula is C20H21FP4. The summed E-state index contributed by atoms with van der Waals surface area (Å²) in [5, 5.41) is 5.15. The molecule has 1 aromatic carbocycles. The van der Waals surface area contributed by atoms with Crippen LogP contribution in [0, 0.1) is 5.82 Å². The Labute approximate surface area is 156 Å². The highest BCUT2D eigenvalue weighted by molar-refractivity contribution is 7.66. The Morgan fingerprint density at radius 1 is 1.16 bits per heavy atom. The topological polar surface area (TPSA) is 0 Å². The van der Waals surface area contributed by atoms with E-state index in [0.717, 1.165) is 6.16 Å². The molecule has 0 aliphatic carbocycles. The summed E-state index contributed by atoms with van der Waals surface area (Å²) in [6.07, 6.45) is 0.976. The molecule has 0 fully saturated rings. The Bertz CT molecular complexity index is 977. The predicted molar refractivity (Wildman–Crippen MR) is 121 cm³/mol. The molecule has 2 heterocycles. The number of hydrogen-bond acceptors (Lipinski definition) is 0. The minimum Gasteiger partial charge on any atom is -0.207 e. The third-order valence-electron chi connectivity index (χ3n) is 4.16. The molecular weight excluding hydrogens is 383 g/mol. The van der Waals surface area contributed by atoms with Gasteiger partial charge in [-0.25, -0.2) is 4.39 Å². The molecule has 0 amide bonds. The van der Waals surface area contributed by atoms with Gasteiger partial charge in [-0.15, -0.1) is 25.6 Å². The average Bonchev–Trinajstić information content (AvgIpc) is 2.92. The zero-order valence-corrected chi connectivity index (χ0v) is 18.5. The molecule has 3 aromatic rings. The predicted octanol–water partition coefficient (Wildman–Crippen LogP) is 7.22. The second-order valence-electron chi connectivity index (χ2n) is 6.40. The minimum atomic E-state index is -0.363. The summed E-state index contributed by atoms with van der Waals surface area (Å²) in [4.78, 5) is 1.51. The number of fused-ring (bicyclic) bond motifs is 1. The van der Waals surface area contributed by atoms with Gasteiger partial charge in [0, 0.05) is 16.3 Å². The maximum absolute atomic E-state index is 13.2. The van der Waals surface area contributed by atoms with Gasteiger partial charge in [-0.1, -0.05) is 25.9 Å². The van der Waals surface area contributed by atoms with Crippen molar-refractivity contribution in [3.05, 3.63) is 64.4 Å². The molecule has 0 saturated carbocycles. The summed E-state index contributed by atoms with van der Waals surface area (Å²) in [5.74, 6) is 2.18. The van der Waals surface area contributed by atoms with E-state index in [-0.39, 0.29) is 13.4 Å². The van der Waals surface area contributed by atoms with E-state index < -0.39 is 0 Å². The second kappa shape index (κ2) is 7.82. The van der Waals surface area contributed by atoms with E-state index in [9.17, 15) is 4.39 Å². The summed E-state index contributed by atoms with van der Waals surface area (Å²) >= 11 is 0. The Morgan fingerprint density at radius 3 is 2.44 bits per heavy atom. The van der Waals surface area contributed by atoms with E-state index in [2.05, 4.69) is 56.8 Å². The highest BCUT2D eigenvalue weighted by atomic mass is 31.1. The Kier molecular flexibility index (Phi) is 5.93. The molecule has 3 rings (SSSR count). The van der Waals surface area contributed by atoms with Gasteiger partial charge in [-0.3, -0.25) is 0 Å². The molecule has 0 aliphatic rings. The van der Waals surface area contributed by atoms with Gasteiger partial charge in [0.2, 0.25) is 0 Å². The highest BCUT2D eigenvalue weighted by Gasteiger charge is 2.12. The van der Waals surface area contributed by atoms with Crippen LogP contribution in [0.3, 0.4) is 0 Å². The SMILES string of the molecule is CC(=P)C(=C(C)C)c1cc(P)c2ccp(Cc3ccc(F)cc3)c2p1. The van der Waals surface area contributed by atoms with Gasteiger partial charge < -0.3 is 0 Å². The van der Waals surface area contributed by atoms with Crippen LogP contribution in [0.4, 0.5) is 4.39 Å². The zero-order valence-electron chi connectivity index (χ0n) is 14.6. The molecule has 0 N–H and O–H groups in total. The monoisotopic (exact) mass is 404 g/mol. The number of halogens is 1. The molecule has 0 aliphatic heterocycles. The minimum absolute atomic E-state index is 0.170. The Morgan fingerprint density at radius 2 is 1.84 bits per heavy atom. The van der Waals surface area contributed by atoms with Gasteiger partial charge in [0.15, 0.2) is 0 Å². The van der Waals surface area contributed by atoms with Gasteiger partial charge in [0.05, 0.1) is 0 Å². The summed E-state index contributed by atoms with van der Waals surface area (Å²) in [6, 6.07) is 11.5. The first-order chi connectivity index (χ1) is 11.9. The molecule has 0 bridgehead atoms. The normalized spacial score (nSPS) is 12.0. The van der Waals surface area contributed by atoms with Crippen molar-refractivity contribution in [2.75, 3.05) is 0 Å². The van der Waals surface area contributed by atoms with Crippen LogP contribution in [-0.2, 0) is 6.16 Å². The van der Waals surface area contributed by atoms with E-state index in [1.807, 2.05) is 12.1 Å². The third kappa shape index (κ3) is 4.13. The van der Waals surface area contributed by atoms with E-state index in [1.54, 1.807) is 12.1 Å². The van der Waals surface area contributed by atoms with Crippen LogP contribution in [0.2, 0.25) is 0 Å². The van der Waals surface area contributed by atoms with Crippen LogP contribution in [0.1, 0.15) is 31.6 Å². The first-order valence-corrected chi connectivity index (χ1v) is 11.7. The zero-order chi connectivity index (χ0) is 18.1. The quantitative estimate of drug-likeness (QED) is 0.403. The van der Waals surface area contributed by atoms with Crippen molar-refractivity contribution in [2.24, 2.45) is 0 Å². The lowest BCUT2D eigenvalue weighted by Crippen LogP contribution is -1.98. The molecule has 0 saturated heterocycles. The van der Waals surface area contributed by atoms with Crippen molar-refractivity contribution >= 4 is 60.2 Å². The molecule has 2 atom stereocenters. The summed E-state index contributed by atoms with van der Waals surface area (Å²) in [5.41, 5.74) is 3.84. The molecule has 5 heteroatoms. The second-order valence-corrected chi connectivity index (χ2v) is 11.3. The van der Waals surface area contributed by atoms with Gasteiger partial charge in [0.1, 0.15) is 5.82 Å². The number of allylic oxidation sites excluding steroid dienone is 2. The third-order valence-corrected chi connectivity index (χ3v) is 9.01. The maximum atomic E-state index is 13.2. The molecule has 2 aromatic heterocycles. The van der Waals surface area contributed by atoms with Crippen molar-refractivity contribution < 1.29 is 4.39 Å². The summed E-state index contributed by atoms with van der Waals surface area (Å²) < 4.78 is 13.2. The molecule has 2 unspecified atom stereocenters. The van der Waals surface area contributed by atoms with E-state index >= 15 is 0 Å². The van der Waals surface area contributed by atoms with Crippen LogP contribution in [0.15, 0.2) is 47.8 Å². The summed E-state index contributed by atoms with van der Waals surface area (Å²) in [7, 11) is 7.56. The number of benzene rings is 1. The largest absolute Gasteiger partial charge is 0.207 e. The van der Waals surface area contributed by atoms with Crippen LogP contribution >= 0.6 is 33.8 Å². The Hall–Kier alpha value is -0.820. The van der Waals surface area contributed by atoms with Gasteiger partial charge in [-0.2, -0.15) is 0 Å². The van der Waals surface area contributed by atoms with Crippen molar-refractivity contribution in [3.8, 4) is 0 Å². The fraction of sp³-hybridized carbons (Fsp3) is 0.200. The van der Waals surface area contributed by atoms with Crippen LogP contribution < -0.4 is 5.30 Å². The van der Waals surface area contributed by atoms with Gasteiger partial charge in [-0.05, 0) is 78.0 Å². The lowest BCUT2D eigenvalue weighted by Gasteiger charge is -2.12. The first-order valence-electron chi connectivity index (χ1n) is 8.10. The summed E-state index contributed by atoms with van der Waals surface area (Å²) in [6.45, 7) is 6.43. The number of rotatable bonds is 4. The maximum Gasteiger partial charge on any atom is 0.123 e.